The van der Waals surface area contributed by atoms with Gasteiger partial charge in [0.15, 0.2) is 0 Å². The fraction of sp³-hybridized carbons (Fsp3) is 0.231. The van der Waals surface area contributed by atoms with Crippen molar-refractivity contribution in [2.75, 3.05) is 0 Å². The van der Waals surface area contributed by atoms with Crippen LogP contribution in [0, 0.1) is 20.8 Å². The zero-order valence-corrected chi connectivity index (χ0v) is 10.9. The summed E-state index contributed by atoms with van der Waals surface area (Å²) in [4.78, 5) is 10.4. The largest absolute Gasteiger partial charge is 0.306 e. The van der Waals surface area contributed by atoms with E-state index in [0.29, 0.717) is 0 Å². The Morgan fingerprint density at radius 3 is 2.59 bits per heavy atom. The van der Waals surface area contributed by atoms with Crippen LogP contribution in [0.5, 0.6) is 0 Å². The lowest BCUT2D eigenvalue weighted by molar-refractivity contribution is 1.16. The van der Waals surface area contributed by atoms with Crippen molar-refractivity contribution >= 4 is 17.0 Å². The molecule has 3 nitrogen and oxygen atoms in total. The molecule has 0 aliphatic rings. The monoisotopic (exact) mass is 243 g/mol. The maximum absolute atomic E-state index is 4.61. The Labute approximate surface area is 104 Å². The van der Waals surface area contributed by atoms with Crippen LogP contribution in [0.1, 0.15) is 15.4 Å². The SMILES string of the molecule is Cc1ccc2nc(-c3nc(C)sc3C)cn2c1. The molecule has 0 unspecified atom stereocenters. The molecule has 0 bridgehead atoms. The molecule has 0 aliphatic carbocycles. The second kappa shape index (κ2) is 3.67. The topological polar surface area (TPSA) is 30.2 Å². The van der Waals surface area contributed by atoms with E-state index in [1.54, 1.807) is 11.3 Å². The molecule has 3 heterocycles. The predicted octanol–water partition coefficient (Wildman–Crippen LogP) is 3.38. The van der Waals surface area contributed by atoms with Crippen LogP contribution in [-0.2, 0) is 0 Å². The molecule has 3 aromatic heterocycles. The van der Waals surface area contributed by atoms with Crippen LogP contribution in [0.15, 0.2) is 24.5 Å². The second-order valence-electron chi connectivity index (χ2n) is 4.24. The van der Waals surface area contributed by atoms with Crippen LogP contribution < -0.4 is 0 Å². The van der Waals surface area contributed by atoms with Crippen LogP contribution in [-0.4, -0.2) is 14.4 Å². The number of hydrogen-bond acceptors (Lipinski definition) is 3. The highest BCUT2D eigenvalue weighted by Gasteiger charge is 2.11. The lowest BCUT2D eigenvalue weighted by Crippen LogP contribution is -1.82. The maximum atomic E-state index is 4.61. The molecule has 0 aromatic carbocycles. The lowest BCUT2D eigenvalue weighted by Gasteiger charge is -1.93. The highest BCUT2D eigenvalue weighted by molar-refractivity contribution is 7.11. The zero-order valence-electron chi connectivity index (χ0n) is 10.1. The molecule has 17 heavy (non-hydrogen) atoms. The molecule has 86 valence electrons. The Kier molecular flexibility index (Phi) is 2.26. The van der Waals surface area contributed by atoms with E-state index in [4.69, 9.17) is 0 Å². The number of aromatic nitrogens is 3. The molecular formula is C13H13N3S. The van der Waals surface area contributed by atoms with E-state index >= 15 is 0 Å². The van der Waals surface area contributed by atoms with Gasteiger partial charge in [0.25, 0.3) is 0 Å². The minimum absolute atomic E-state index is 0.956. The third-order valence-electron chi connectivity index (χ3n) is 2.75. The number of rotatable bonds is 1. The van der Waals surface area contributed by atoms with E-state index in [0.717, 1.165) is 22.0 Å². The van der Waals surface area contributed by atoms with Crippen molar-refractivity contribution in [2.45, 2.75) is 20.8 Å². The van der Waals surface area contributed by atoms with Crippen LogP contribution in [0.2, 0.25) is 0 Å². The first kappa shape index (κ1) is 10.5. The van der Waals surface area contributed by atoms with E-state index in [1.165, 1.54) is 10.4 Å². The average molecular weight is 243 g/mol. The smallest absolute Gasteiger partial charge is 0.137 e. The van der Waals surface area contributed by atoms with Crippen molar-refractivity contribution in [2.24, 2.45) is 0 Å². The van der Waals surface area contributed by atoms with Crippen molar-refractivity contribution in [3.63, 3.8) is 0 Å². The number of nitrogens with zero attached hydrogens (tertiary/aromatic N) is 3. The molecule has 3 aromatic rings. The van der Waals surface area contributed by atoms with Gasteiger partial charge in [-0.3, -0.25) is 0 Å². The normalized spacial score (nSPS) is 11.2. The number of thiazole rings is 1. The van der Waals surface area contributed by atoms with Gasteiger partial charge >= 0.3 is 0 Å². The fourth-order valence-electron chi connectivity index (χ4n) is 1.98. The maximum Gasteiger partial charge on any atom is 0.137 e. The standard InChI is InChI=1S/C13H13N3S/c1-8-4-5-12-15-11(7-16(12)6-8)13-9(2)17-10(3)14-13/h4-7H,1-3H3. The Morgan fingerprint density at radius 2 is 1.88 bits per heavy atom. The van der Waals surface area contributed by atoms with Gasteiger partial charge in [0, 0.05) is 17.3 Å². The molecular weight excluding hydrogens is 230 g/mol. The van der Waals surface area contributed by atoms with Crippen molar-refractivity contribution in [3.05, 3.63) is 40.0 Å². The second-order valence-corrected chi connectivity index (χ2v) is 5.64. The van der Waals surface area contributed by atoms with Crippen molar-refractivity contribution in [1.82, 2.24) is 14.4 Å². The molecule has 0 radical (unpaired) electrons. The van der Waals surface area contributed by atoms with Gasteiger partial charge in [-0.15, -0.1) is 11.3 Å². The highest BCUT2D eigenvalue weighted by atomic mass is 32.1. The van der Waals surface area contributed by atoms with Crippen molar-refractivity contribution in [3.8, 4) is 11.4 Å². The summed E-state index contributed by atoms with van der Waals surface area (Å²) in [7, 11) is 0. The van der Waals surface area contributed by atoms with E-state index < -0.39 is 0 Å². The van der Waals surface area contributed by atoms with Crippen LogP contribution in [0.3, 0.4) is 0 Å². The van der Waals surface area contributed by atoms with Gasteiger partial charge in [0.1, 0.15) is 17.0 Å². The highest BCUT2D eigenvalue weighted by Crippen LogP contribution is 2.26. The first-order valence-corrected chi connectivity index (χ1v) is 6.35. The van der Waals surface area contributed by atoms with Gasteiger partial charge in [-0.05, 0) is 32.4 Å². The molecule has 0 saturated carbocycles. The van der Waals surface area contributed by atoms with Crippen molar-refractivity contribution in [1.29, 1.82) is 0 Å². The van der Waals surface area contributed by atoms with Gasteiger partial charge in [-0.2, -0.15) is 0 Å². The molecule has 0 saturated heterocycles. The Hall–Kier alpha value is -1.68. The summed E-state index contributed by atoms with van der Waals surface area (Å²) in [5.74, 6) is 0. The minimum atomic E-state index is 0.956. The Bertz CT molecular complexity index is 694. The minimum Gasteiger partial charge on any atom is -0.306 e. The number of aryl methyl sites for hydroxylation is 3. The van der Waals surface area contributed by atoms with Crippen LogP contribution in [0.25, 0.3) is 17.0 Å². The van der Waals surface area contributed by atoms with E-state index in [9.17, 15) is 0 Å². The van der Waals surface area contributed by atoms with Crippen LogP contribution >= 0.6 is 11.3 Å². The predicted molar refractivity (Wildman–Crippen MR) is 70.5 cm³/mol. The average Bonchev–Trinajstić information content (AvgIpc) is 2.80. The van der Waals surface area contributed by atoms with Gasteiger partial charge in [-0.1, -0.05) is 6.07 Å². The Balaban J connectivity index is 2.21. The van der Waals surface area contributed by atoms with E-state index in [-0.39, 0.29) is 0 Å². The summed E-state index contributed by atoms with van der Waals surface area (Å²) in [6.07, 6.45) is 4.13. The lowest BCUT2D eigenvalue weighted by atomic mass is 10.3. The first-order chi connectivity index (χ1) is 8.13. The number of pyridine rings is 1. The molecule has 0 N–H and O–H groups in total. The summed E-state index contributed by atoms with van der Waals surface area (Å²) >= 11 is 1.72. The Morgan fingerprint density at radius 1 is 1.06 bits per heavy atom. The van der Waals surface area contributed by atoms with Gasteiger partial charge in [0.2, 0.25) is 0 Å². The quantitative estimate of drug-likeness (QED) is 0.656. The molecule has 0 spiro atoms. The summed E-state index contributed by atoms with van der Waals surface area (Å²) in [6.45, 7) is 6.20. The fourth-order valence-corrected chi connectivity index (χ4v) is 2.81. The van der Waals surface area contributed by atoms with Crippen LogP contribution in [0.4, 0.5) is 0 Å². The summed E-state index contributed by atoms with van der Waals surface area (Å²) in [5.41, 5.74) is 4.16. The third-order valence-corrected chi connectivity index (χ3v) is 3.63. The molecule has 0 aliphatic heterocycles. The number of fused-ring (bicyclic) bond motifs is 1. The third kappa shape index (κ3) is 1.74. The van der Waals surface area contributed by atoms with Crippen molar-refractivity contribution < 1.29 is 0 Å². The number of imidazole rings is 1. The first-order valence-electron chi connectivity index (χ1n) is 5.53. The summed E-state index contributed by atoms with van der Waals surface area (Å²) in [6, 6.07) is 4.11. The molecule has 0 amide bonds. The molecule has 0 atom stereocenters. The van der Waals surface area contributed by atoms with Gasteiger partial charge in [0.05, 0.1) is 5.01 Å². The zero-order chi connectivity index (χ0) is 12.0. The van der Waals surface area contributed by atoms with Gasteiger partial charge in [-0.25, -0.2) is 9.97 Å². The molecule has 4 heteroatoms. The summed E-state index contributed by atoms with van der Waals surface area (Å²) < 4.78 is 2.05. The van der Waals surface area contributed by atoms with E-state index in [1.807, 2.05) is 19.2 Å². The van der Waals surface area contributed by atoms with E-state index in [2.05, 4.69) is 40.5 Å². The summed E-state index contributed by atoms with van der Waals surface area (Å²) in [5, 5.41) is 1.09. The molecule has 3 rings (SSSR count). The molecule has 0 fully saturated rings. The van der Waals surface area contributed by atoms with Gasteiger partial charge < -0.3 is 4.40 Å². The number of hydrogen-bond donors (Lipinski definition) is 0.